The summed E-state index contributed by atoms with van der Waals surface area (Å²) in [6.07, 6.45) is 4.21. The molecule has 1 aliphatic rings. The average Bonchev–Trinajstić information content (AvgIpc) is 2.42. The van der Waals surface area contributed by atoms with Gasteiger partial charge in [0.05, 0.1) is 5.56 Å². The third kappa shape index (κ3) is 2.67. The first kappa shape index (κ1) is 13.5. The van der Waals surface area contributed by atoms with E-state index in [9.17, 15) is 4.79 Å². The lowest BCUT2D eigenvalue weighted by Gasteiger charge is -2.27. The van der Waals surface area contributed by atoms with Crippen molar-refractivity contribution in [2.75, 3.05) is 6.54 Å². The summed E-state index contributed by atoms with van der Waals surface area (Å²) in [6, 6.07) is 1.78. The Morgan fingerprint density at radius 3 is 3.10 bits per heavy atom. The first-order valence-corrected chi connectivity index (χ1v) is 7.07. The summed E-state index contributed by atoms with van der Waals surface area (Å²) >= 11 is 11.1. The minimum Gasteiger partial charge on any atom is -0.335 e. The van der Waals surface area contributed by atoms with Crippen LogP contribution in [0.5, 0.6) is 0 Å². The van der Waals surface area contributed by atoms with Crippen LogP contribution in [0, 0.1) is 4.77 Å². The normalized spacial score (nSPS) is 15.1. The lowest BCUT2D eigenvalue weighted by molar-refractivity contribution is 0.241. The van der Waals surface area contributed by atoms with E-state index in [0.717, 1.165) is 29.8 Å². The molecule has 0 atom stereocenters. The fraction of sp³-hybridized carbons (Fsp3) is 0.308. The van der Waals surface area contributed by atoms with Crippen LogP contribution in [-0.2, 0) is 19.5 Å². The van der Waals surface area contributed by atoms with Crippen LogP contribution in [-0.4, -0.2) is 26.4 Å². The van der Waals surface area contributed by atoms with Crippen LogP contribution in [0.25, 0.3) is 0 Å². The van der Waals surface area contributed by atoms with E-state index in [2.05, 4.69) is 19.9 Å². The van der Waals surface area contributed by atoms with E-state index in [1.807, 2.05) is 0 Å². The van der Waals surface area contributed by atoms with Gasteiger partial charge in [-0.3, -0.25) is 19.7 Å². The maximum atomic E-state index is 11.9. The topological polar surface area (TPSA) is 64.8 Å². The monoisotopic (exact) mass is 308 g/mol. The fourth-order valence-electron chi connectivity index (χ4n) is 2.41. The molecule has 0 aromatic carbocycles. The maximum absolute atomic E-state index is 11.9. The Kier molecular flexibility index (Phi) is 3.69. The molecule has 0 amide bonds. The van der Waals surface area contributed by atoms with Crippen LogP contribution >= 0.6 is 23.8 Å². The molecule has 0 aliphatic carbocycles. The number of hydrogen-bond acceptors (Lipinski definition) is 4. The van der Waals surface area contributed by atoms with Gasteiger partial charge in [0, 0.05) is 54.7 Å². The summed E-state index contributed by atoms with van der Waals surface area (Å²) in [5.41, 5.74) is 2.56. The molecule has 0 saturated heterocycles. The van der Waals surface area contributed by atoms with Crippen molar-refractivity contribution < 1.29 is 0 Å². The Morgan fingerprint density at radius 2 is 2.30 bits per heavy atom. The van der Waals surface area contributed by atoms with Gasteiger partial charge in [0.25, 0.3) is 5.56 Å². The number of aromatic amines is 2. The summed E-state index contributed by atoms with van der Waals surface area (Å²) in [7, 11) is 0. The molecule has 2 N–H and O–H groups in total. The molecule has 0 spiro atoms. The predicted molar refractivity (Wildman–Crippen MR) is 79.3 cm³/mol. The Balaban J connectivity index is 1.84. The molecule has 1 aliphatic heterocycles. The highest BCUT2D eigenvalue weighted by Gasteiger charge is 2.20. The highest BCUT2D eigenvalue weighted by Crippen LogP contribution is 2.19. The number of H-pyrrole nitrogens is 2. The van der Waals surface area contributed by atoms with E-state index in [4.69, 9.17) is 23.8 Å². The van der Waals surface area contributed by atoms with E-state index in [1.54, 1.807) is 18.5 Å². The fourth-order valence-corrected chi connectivity index (χ4v) is 2.80. The molecule has 5 nitrogen and oxygen atoms in total. The number of rotatable bonds is 2. The Hall–Kier alpha value is -1.50. The highest BCUT2D eigenvalue weighted by molar-refractivity contribution is 7.71. The third-order valence-electron chi connectivity index (χ3n) is 3.43. The molecule has 104 valence electrons. The van der Waals surface area contributed by atoms with Crippen molar-refractivity contribution in [1.82, 2.24) is 19.9 Å². The first-order valence-electron chi connectivity index (χ1n) is 6.28. The number of halogens is 1. The van der Waals surface area contributed by atoms with E-state index >= 15 is 0 Å². The quantitative estimate of drug-likeness (QED) is 0.833. The van der Waals surface area contributed by atoms with Crippen molar-refractivity contribution in [3.63, 3.8) is 0 Å². The molecular formula is C13H13ClN4OS. The van der Waals surface area contributed by atoms with Crippen LogP contribution < -0.4 is 5.56 Å². The molecule has 0 radical (unpaired) electrons. The SMILES string of the molecule is O=c1[nH]c(=S)[nH]c2c1CN(Cc1cnccc1Cl)CC2. The second-order valence-electron chi connectivity index (χ2n) is 4.79. The van der Waals surface area contributed by atoms with E-state index < -0.39 is 0 Å². The Labute approximate surface area is 125 Å². The molecule has 0 unspecified atom stereocenters. The largest absolute Gasteiger partial charge is 0.335 e. The zero-order valence-corrected chi connectivity index (χ0v) is 12.2. The summed E-state index contributed by atoms with van der Waals surface area (Å²) in [6.45, 7) is 2.12. The molecule has 0 fully saturated rings. The van der Waals surface area contributed by atoms with E-state index in [1.165, 1.54) is 0 Å². The van der Waals surface area contributed by atoms with Gasteiger partial charge in [0.1, 0.15) is 0 Å². The third-order valence-corrected chi connectivity index (χ3v) is 4.00. The van der Waals surface area contributed by atoms with Crippen molar-refractivity contribution in [2.24, 2.45) is 0 Å². The van der Waals surface area contributed by atoms with Crippen LogP contribution in [0.4, 0.5) is 0 Å². The van der Waals surface area contributed by atoms with Gasteiger partial charge >= 0.3 is 0 Å². The van der Waals surface area contributed by atoms with Crippen molar-refractivity contribution in [1.29, 1.82) is 0 Å². The van der Waals surface area contributed by atoms with Gasteiger partial charge < -0.3 is 4.98 Å². The van der Waals surface area contributed by atoms with Gasteiger partial charge in [-0.15, -0.1) is 0 Å². The van der Waals surface area contributed by atoms with Crippen LogP contribution in [0.2, 0.25) is 5.02 Å². The molecule has 3 heterocycles. The minimum atomic E-state index is -0.106. The highest BCUT2D eigenvalue weighted by atomic mass is 35.5. The molecule has 20 heavy (non-hydrogen) atoms. The average molecular weight is 309 g/mol. The first-order chi connectivity index (χ1) is 9.63. The lowest BCUT2D eigenvalue weighted by atomic mass is 10.1. The van der Waals surface area contributed by atoms with Gasteiger partial charge in [0.2, 0.25) is 0 Å². The van der Waals surface area contributed by atoms with Crippen molar-refractivity contribution in [3.8, 4) is 0 Å². The number of fused-ring (bicyclic) bond motifs is 1. The standard InChI is InChI=1S/C13H13ClN4OS/c14-10-1-3-15-5-8(10)6-18-4-2-11-9(7-18)12(19)17-13(20)16-11/h1,3,5H,2,4,6-7H2,(H2,16,17,19,20). The number of nitrogens with one attached hydrogen (secondary N) is 2. The maximum Gasteiger partial charge on any atom is 0.256 e. The Morgan fingerprint density at radius 1 is 1.45 bits per heavy atom. The number of nitrogens with zero attached hydrogens (tertiary/aromatic N) is 2. The number of hydrogen-bond donors (Lipinski definition) is 2. The molecule has 7 heteroatoms. The molecule has 0 bridgehead atoms. The summed E-state index contributed by atoms with van der Waals surface area (Å²) in [4.78, 5) is 23.9. The van der Waals surface area contributed by atoms with Gasteiger partial charge in [-0.1, -0.05) is 11.6 Å². The number of aromatic nitrogens is 3. The van der Waals surface area contributed by atoms with Crippen LogP contribution in [0.1, 0.15) is 16.8 Å². The molecule has 3 rings (SSSR count). The van der Waals surface area contributed by atoms with Gasteiger partial charge in [-0.05, 0) is 18.3 Å². The van der Waals surface area contributed by atoms with Crippen LogP contribution in [0.3, 0.4) is 0 Å². The minimum absolute atomic E-state index is 0.106. The van der Waals surface area contributed by atoms with E-state index in [-0.39, 0.29) is 5.56 Å². The van der Waals surface area contributed by atoms with Crippen molar-refractivity contribution in [3.05, 3.63) is 55.4 Å². The molecule has 0 saturated carbocycles. The summed E-state index contributed by atoms with van der Waals surface area (Å²) < 4.78 is 0.387. The smallest absolute Gasteiger partial charge is 0.256 e. The predicted octanol–water partition coefficient (Wildman–Crippen LogP) is 2.04. The van der Waals surface area contributed by atoms with Crippen LogP contribution in [0.15, 0.2) is 23.3 Å². The second-order valence-corrected chi connectivity index (χ2v) is 5.61. The second kappa shape index (κ2) is 5.47. The zero-order chi connectivity index (χ0) is 14.1. The van der Waals surface area contributed by atoms with E-state index in [0.29, 0.717) is 22.9 Å². The Bertz CT molecular complexity index is 755. The number of pyridine rings is 1. The molecule has 2 aromatic heterocycles. The summed E-state index contributed by atoms with van der Waals surface area (Å²) in [5, 5.41) is 0.701. The lowest BCUT2D eigenvalue weighted by Crippen LogP contribution is -2.35. The van der Waals surface area contributed by atoms with Gasteiger partial charge in [0.15, 0.2) is 4.77 Å². The van der Waals surface area contributed by atoms with Crippen molar-refractivity contribution in [2.45, 2.75) is 19.5 Å². The van der Waals surface area contributed by atoms with Crippen molar-refractivity contribution >= 4 is 23.8 Å². The molecule has 2 aromatic rings. The zero-order valence-electron chi connectivity index (χ0n) is 10.6. The van der Waals surface area contributed by atoms with Gasteiger partial charge in [-0.2, -0.15) is 0 Å². The molecular weight excluding hydrogens is 296 g/mol. The van der Waals surface area contributed by atoms with Gasteiger partial charge in [-0.25, -0.2) is 0 Å². The summed E-state index contributed by atoms with van der Waals surface area (Å²) in [5.74, 6) is 0.